The van der Waals surface area contributed by atoms with Crippen molar-refractivity contribution >= 4 is 23.4 Å². The van der Waals surface area contributed by atoms with Crippen LogP contribution in [0, 0.1) is 0 Å². The van der Waals surface area contributed by atoms with Crippen molar-refractivity contribution in [2.45, 2.75) is 58.2 Å². The van der Waals surface area contributed by atoms with Crippen LogP contribution >= 0.6 is 11.6 Å². The molecule has 3 aromatic carbocycles. The Morgan fingerprint density at radius 2 is 1.61 bits per heavy atom. The third kappa shape index (κ3) is 7.51. The highest BCUT2D eigenvalue weighted by Crippen LogP contribution is 2.31. The fourth-order valence-electron chi connectivity index (χ4n) is 4.46. The number of hydrogen-bond acceptors (Lipinski definition) is 4. The molecule has 1 heterocycles. The van der Waals surface area contributed by atoms with Gasteiger partial charge < -0.3 is 19.7 Å². The average Bonchev–Trinajstić information content (AvgIpc) is 2.89. The molecule has 7 heteroatoms. The Balaban J connectivity index is 1.62. The van der Waals surface area contributed by atoms with Gasteiger partial charge in [-0.1, -0.05) is 66.2 Å². The number of rotatable bonds is 9. The topological polar surface area (TPSA) is 67.9 Å². The molecule has 0 aromatic heterocycles. The van der Waals surface area contributed by atoms with Gasteiger partial charge in [-0.3, -0.25) is 9.59 Å². The fourth-order valence-corrected chi connectivity index (χ4v) is 4.65. The number of amides is 2. The van der Waals surface area contributed by atoms with Crippen LogP contribution in [0.15, 0.2) is 72.8 Å². The first-order chi connectivity index (χ1) is 18.2. The Morgan fingerprint density at radius 3 is 2.32 bits per heavy atom. The third-order valence-corrected chi connectivity index (χ3v) is 6.67. The van der Waals surface area contributed by atoms with Gasteiger partial charge in [0.05, 0.1) is 0 Å². The summed E-state index contributed by atoms with van der Waals surface area (Å²) in [6.45, 7) is 7.08. The highest BCUT2D eigenvalue weighted by molar-refractivity contribution is 6.31. The number of aryl methyl sites for hydroxylation is 1. The van der Waals surface area contributed by atoms with E-state index in [1.165, 1.54) is 0 Å². The number of ether oxygens (including phenoxy) is 2. The maximum Gasteiger partial charge on any atom is 0.243 e. The number of carbonyl (C=O) groups excluding carboxylic acids is 2. The molecule has 1 aliphatic rings. The maximum absolute atomic E-state index is 13.9. The SMILES string of the molecule is CC(C)(C)NC(=O)[C@@H](Cc1ccccc1)N(Cc1ccccc1Cl)C(=O)CCc1ccc2c(c1)OCCO2. The summed E-state index contributed by atoms with van der Waals surface area (Å²) in [7, 11) is 0. The zero-order valence-corrected chi connectivity index (χ0v) is 23.0. The minimum atomic E-state index is -0.708. The lowest BCUT2D eigenvalue weighted by Gasteiger charge is -2.34. The van der Waals surface area contributed by atoms with Crippen LogP contribution < -0.4 is 14.8 Å². The predicted molar refractivity (Wildman–Crippen MR) is 150 cm³/mol. The van der Waals surface area contributed by atoms with Crippen molar-refractivity contribution in [2.24, 2.45) is 0 Å². The number of halogens is 1. The van der Waals surface area contributed by atoms with Gasteiger partial charge in [-0.2, -0.15) is 0 Å². The molecule has 0 unspecified atom stereocenters. The van der Waals surface area contributed by atoms with E-state index in [2.05, 4.69) is 5.32 Å². The fraction of sp³-hybridized carbons (Fsp3) is 0.355. The molecule has 3 aromatic rings. The predicted octanol–water partition coefficient (Wildman–Crippen LogP) is 5.60. The minimum Gasteiger partial charge on any atom is -0.486 e. The van der Waals surface area contributed by atoms with E-state index in [1.54, 1.807) is 11.0 Å². The normalized spacial score (nSPS) is 13.5. The number of nitrogens with one attached hydrogen (secondary N) is 1. The monoisotopic (exact) mass is 534 g/mol. The highest BCUT2D eigenvalue weighted by Gasteiger charge is 2.32. The Morgan fingerprint density at radius 1 is 0.921 bits per heavy atom. The zero-order chi connectivity index (χ0) is 27.1. The van der Waals surface area contributed by atoms with Crippen LogP contribution in [-0.4, -0.2) is 41.5 Å². The summed E-state index contributed by atoms with van der Waals surface area (Å²) in [6, 6.07) is 22.3. The van der Waals surface area contributed by atoms with Crippen LogP contribution in [0.4, 0.5) is 0 Å². The smallest absolute Gasteiger partial charge is 0.243 e. The number of benzene rings is 3. The van der Waals surface area contributed by atoms with E-state index in [9.17, 15) is 9.59 Å². The molecule has 6 nitrogen and oxygen atoms in total. The Labute approximate surface area is 229 Å². The number of nitrogens with zero attached hydrogens (tertiary/aromatic N) is 1. The summed E-state index contributed by atoms with van der Waals surface area (Å²) in [4.78, 5) is 29.2. The first-order valence-electron chi connectivity index (χ1n) is 13.0. The summed E-state index contributed by atoms with van der Waals surface area (Å²) in [5.74, 6) is 1.10. The summed E-state index contributed by atoms with van der Waals surface area (Å²) < 4.78 is 11.3. The van der Waals surface area contributed by atoms with Crippen LogP contribution in [0.25, 0.3) is 0 Å². The van der Waals surface area contributed by atoms with Gasteiger partial charge in [-0.15, -0.1) is 0 Å². The van der Waals surface area contributed by atoms with Gasteiger partial charge in [0.2, 0.25) is 11.8 Å². The van der Waals surface area contributed by atoms with Crippen molar-refractivity contribution in [1.82, 2.24) is 10.2 Å². The molecule has 0 radical (unpaired) electrons. The Kier molecular flexibility index (Phi) is 8.95. The Hall–Kier alpha value is -3.51. The number of hydrogen-bond donors (Lipinski definition) is 1. The van der Waals surface area contributed by atoms with Gasteiger partial charge in [-0.05, 0) is 62.1 Å². The molecule has 0 saturated heterocycles. The third-order valence-electron chi connectivity index (χ3n) is 6.30. The van der Waals surface area contributed by atoms with E-state index >= 15 is 0 Å². The second-order valence-electron chi connectivity index (χ2n) is 10.5. The van der Waals surface area contributed by atoms with Gasteiger partial charge in [0.25, 0.3) is 0 Å². The molecule has 200 valence electrons. The van der Waals surface area contributed by atoms with E-state index in [1.807, 2.05) is 87.5 Å². The first-order valence-corrected chi connectivity index (χ1v) is 13.3. The Bertz CT molecular complexity index is 1260. The average molecular weight is 535 g/mol. The molecule has 1 N–H and O–H groups in total. The van der Waals surface area contributed by atoms with E-state index in [-0.39, 0.29) is 24.8 Å². The van der Waals surface area contributed by atoms with Crippen molar-refractivity contribution in [3.05, 3.63) is 94.5 Å². The summed E-state index contributed by atoms with van der Waals surface area (Å²) in [5, 5.41) is 3.65. The van der Waals surface area contributed by atoms with Crippen LogP contribution in [0.1, 0.15) is 43.9 Å². The number of fused-ring (bicyclic) bond motifs is 1. The van der Waals surface area contributed by atoms with Crippen molar-refractivity contribution in [2.75, 3.05) is 13.2 Å². The van der Waals surface area contributed by atoms with Gasteiger partial charge in [0.15, 0.2) is 11.5 Å². The molecule has 0 spiro atoms. The van der Waals surface area contributed by atoms with Crippen molar-refractivity contribution in [3.8, 4) is 11.5 Å². The molecule has 4 rings (SSSR count). The molecule has 0 bridgehead atoms. The van der Waals surface area contributed by atoms with E-state index in [4.69, 9.17) is 21.1 Å². The molecule has 38 heavy (non-hydrogen) atoms. The molecular formula is C31H35ClN2O4. The van der Waals surface area contributed by atoms with E-state index < -0.39 is 11.6 Å². The van der Waals surface area contributed by atoms with Gasteiger partial charge >= 0.3 is 0 Å². The molecule has 0 fully saturated rings. The number of carbonyl (C=O) groups is 2. The lowest BCUT2D eigenvalue weighted by atomic mass is 9.99. The zero-order valence-electron chi connectivity index (χ0n) is 22.2. The van der Waals surface area contributed by atoms with E-state index in [0.29, 0.717) is 42.6 Å². The van der Waals surface area contributed by atoms with Crippen LogP contribution in [0.3, 0.4) is 0 Å². The molecular weight excluding hydrogens is 500 g/mol. The second-order valence-corrected chi connectivity index (χ2v) is 10.9. The molecule has 0 saturated carbocycles. The van der Waals surface area contributed by atoms with Crippen molar-refractivity contribution in [3.63, 3.8) is 0 Å². The molecule has 0 aliphatic carbocycles. The quantitative estimate of drug-likeness (QED) is 0.388. The van der Waals surface area contributed by atoms with Crippen LogP contribution in [0.2, 0.25) is 5.02 Å². The van der Waals surface area contributed by atoms with Gasteiger partial charge in [0, 0.05) is 29.9 Å². The summed E-state index contributed by atoms with van der Waals surface area (Å²) in [6.07, 6.45) is 1.13. The standard InChI is InChI=1S/C31H35ClN2O4/c1-31(2,3)33-30(36)26(19-22-9-5-4-6-10-22)34(21-24-11-7-8-12-25(24)32)29(35)16-14-23-13-15-27-28(20-23)38-18-17-37-27/h4-13,15,20,26H,14,16-19,21H2,1-3H3,(H,33,36)/t26-/m1/s1. The van der Waals surface area contributed by atoms with Crippen molar-refractivity contribution < 1.29 is 19.1 Å². The summed E-state index contributed by atoms with van der Waals surface area (Å²) >= 11 is 6.50. The highest BCUT2D eigenvalue weighted by atomic mass is 35.5. The van der Waals surface area contributed by atoms with Crippen LogP contribution in [0.5, 0.6) is 11.5 Å². The largest absolute Gasteiger partial charge is 0.486 e. The summed E-state index contributed by atoms with van der Waals surface area (Å²) in [5.41, 5.74) is 2.30. The minimum absolute atomic E-state index is 0.121. The van der Waals surface area contributed by atoms with Gasteiger partial charge in [0.1, 0.15) is 19.3 Å². The molecule has 1 aliphatic heterocycles. The van der Waals surface area contributed by atoms with Crippen molar-refractivity contribution in [1.29, 1.82) is 0 Å². The first kappa shape index (κ1) is 27.5. The van der Waals surface area contributed by atoms with E-state index in [0.717, 1.165) is 16.7 Å². The maximum atomic E-state index is 13.9. The van der Waals surface area contributed by atoms with Crippen LogP contribution in [-0.2, 0) is 29.0 Å². The molecule has 1 atom stereocenters. The molecule has 2 amide bonds. The second kappa shape index (κ2) is 12.4. The lowest BCUT2D eigenvalue weighted by Crippen LogP contribution is -2.54. The van der Waals surface area contributed by atoms with Gasteiger partial charge in [-0.25, -0.2) is 0 Å². The lowest BCUT2D eigenvalue weighted by molar-refractivity contribution is -0.141.